The largest absolute Gasteiger partial charge is 0.360 e. The molecule has 7 nitrogen and oxygen atoms in total. The molecule has 9 heteroatoms. The van der Waals surface area contributed by atoms with E-state index in [0.717, 1.165) is 0 Å². The second-order valence-electron chi connectivity index (χ2n) is 4.76. The molecule has 2 N–H and O–H groups in total. The summed E-state index contributed by atoms with van der Waals surface area (Å²) in [5.41, 5.74) is 0.467. The summed E-state index contributed by atoms with van der Waals surface area (Å²) in [5, 5.41) is 9.93. The lowest BCUT2D eigenvalue weighted by molar-refractivity contribution is 0.102. The Balaban J connectivity index is 1.79. The molecule has 1 amide bonds. The summed E-state index contributed by atoms with van der Waals surface area (Å²) in [4.78, 5) is 20.5. The average Bonchev–Trinajstić information content (AvgIpc) is 2.96. The van der Waals surface area contributed by atoms with Crippen molar-refractivity contribution in [2.24, 2.45) is 0 Å². The van der Waals surface area contributed by atoms with Gasteiger partial charge in [-0.3, -0.25) is 4.79 Å². The number of carbonyl (C=O) groups is 1. The van der Waals surface area contributed by atoms with Gasteiger partial charge in [0.05, 0.1) is 15.7 Å². The van der Waals surface area contributed by atoms with E-state index in [9.17, 15) is 4.79 Å². The van der Waals surface area contributed by atoms with Gasteiger partial charge in [-0.15, -0.1) is 0 Å². The van der Waals surface area contributed by atoms with Crippen LogP contribution in [0, 0.1) is 6.92 Å². The Bertz CT molecular complexity index is 877. The molecule has 2 heterocycles. The van der Waals surface area contributed by atoms with Gasteiger partial charge in [0.2, 0.25) is 5.95 Å². The van der Waals surface area contributed by atoms with Gasteiger partial charge < -0.3 is 15.2 Å². The van der Waals surface area contributed by atoms with Gasteiger partial charge >= 0.3 is 0 Å². The van der Waals surface area contributed by atoms with Crippen LogP contribution in [0.3, 0.4) is 0 Å². The normalized spacial score (nSPS) is 10.5. The first-order valence-corrected chi connectivity index (χ1v) is 7.57. The molecule has 2 aromatic heterocycles. The number of nitrogens with one attached hydrogen (secondary N) is 2. The summed E-state index contributed by atoms with van der Waals surface area (Å²) in [5.74, 6) is 0.826. The van der Waals surface area contributed by atoms with Crippen molar-refractivity contribution >= 4 is 46.6 Å². The maximum absolute atomic E-state index is 12.3. The van der Waals surface area contributed by atoms with E-state index in [2.05, 4.69) is 25.8 Å². The van der Waals surface area contributed by atoms with Gasteiger partial charge in [-0.2, -0.15) is 0 Å². The summed E-state index contributed by atoms with van der Waals surface area (Å²) < 4.78 is 4.94. The predicted molar refractivity (Wildman–Crippen MR) is 91.0 cm³/mol. The highest BCUT2D eigenvalue weighted by molar-refractivity contribution is 6.40. The lowest BCUT2D eigenvalue weighted by Crippen LogP contribution is -2.15. The SMILES string of the molecule is Cc1cc(Nc2nccc(C(=O)Nc3c(Cl)cccc3Cl)n2)no1. The Morgan fingerprint density at radius 1 is 1.21 bits per heavy atom. The van der Waals surface area contributed by atoms with Crippen molar-refractivity contribution in [3.8, 4) is 0 Å². The van der Waals surface area contributed by atoms with Crippen LogP contribution >= 0.6 is 23.2 Å². The number of hydrogen-bond acceptors (Lipinski definition) is 6. The van der Waals surface area contributed by atoms with Crippen molar-refractivity contribution in [1.29, 1.82) is 0 Å². The van der Waals surface area contributed by atoms with E-state index in [0.29, 0.717) is 27.3 Å². The molecule has 3 aromatic rings. The zero-order valence-corrected chi connectivity index (χ0v) is 13.9. The minimum Gasteiger partial charge on any atom is -0.360 e. The first kappa shape index (κ1) is 16.2. The number of anilines is 3. The van der Waals surface area contributed by atoms with E-state index in [-0.39, 0.29) is 11.6 Å². The number of aryl methyl sites for hydroxylation is 1. The molecular weight excluding hydrogens is 353 g/mol. The molecule has 0 aliphatic rings. The van der Waals surface area contributed by atoms with Crippen LogP contribution in [0.1, 0.15) is 16.2 Å². The van der Waals surface area contributed by atoms with Gasteiger partial charge in [-0.25, -0.2) is 9.97 Å². The van der Waals surface area contributed by atoms with Crippen LogP contribution in [0.4, 0.5) is 17.5 Å². The average molecular weight is 364 g/mol. The van der Waals surface area contributed by atoms with E-state index in [1.54, 1.807) is 31.2 Å². The number of nitrogens with zero attached hydrogens (tertiary/aromatic N) is 3. The second kappa shape index (κ2) is 6.86. The van der Waals surface area contributed by atoms with E-state index < -0.39 is 5.91 Å². The number of carbonyl (C=O) groups excluding carboxylic acids is 1. The summed E-state index contributed by atoms with van der Waals surface area (Å²) in [7, 11) is 0. The first-order valence-electron chi connectivity index (χ1n) is 6.81. The van der Waals surface area contributed by atoms with E-state index in [1.807, 2.05) is 0 Å². The topological polar surface area (TPSA) is 92.9 Å². The van der Waals surface area contributed by atoms with Crippen LogP contribution in [-0.4, -0.2) is 21.0 Å². The molecule has 0 aliphatic heterocycles. The number of rotatable bonds is 4. The van der Waals surface area contributed by atoms with Crippen LogP contribution in [0.25, 0.3) is 0 Å². The van der Waals surface area contributed by atoms with Crippen molar-refractivity contribution in [3.63, 3.8) is 0 Å². The Hall–Kier alpha value is -2.64. The number of hydrogen-bond donors (Lipinski definition) is 2. The van der Waals surface area contributed by atoms with Gasteiger partial charge in [0.1, 0.15) is 11.5 Å². The summed E-state index contributed by atoms with van der Waals surface area (Å²) in [6, 6.07) is 8.09. The van der Waals surface area contributed by atoms with Crippen molar-refractivity contribution in [2.45, 2.75) is 6.92 Å². The van der Waals surface area contributed by atoms with Gasteiger partial charge in [-0.1, -0.05) is 34.4 Å². The quantitative estimate of drug-likeness (QED) is 0.725. The zero-order chi connectivity index (χ0) is 17.1. The molecule has 0 spiro atoms. The van der Waals surface area contributed by atoms with Crippen LogP contribution in [0.15, 0.2) is 41.1 Å². The monoisotopic (exact) mass is 363 g/mol. The molecule has 3 rings (SSSR count). The second-order valence-corrected chi connectivity index (χ2v) is 5.58. The molecule has 0 radical (unpaired) electrons. The molecule has 0 atom stereocenters. The van der Waals surface area contributed by atoms with E-state index in [4.69, 9.17) is 27.7 Å². The van der Waals surface area contributed by atoms with Crippen LogP contribution in [-0.2, 0) is 0 Å². The summed E-state index contributed by atoms with van der Waals surface area (Å²) >= 11 is 12.1. The van der Waals surface area contributed by atoms with Crippen LogP contribution in [0.5, 0.6) is 0 Å². The summed E-state index contributed by atoms with van der Waals surface area (Å²) in [6.45, 7) is 1.76. The maximum Gasteiger partial charge on any atom is 0.274 e. The third kappa shape index (κ3) is 3.64. The Morgan fingerprint density at radius 3 is 2.62 bits per heavy atom. The molecular formula is C15H11Cl2N5O2. The minimum atomic E-state index is -0.466. The molecule has 122 valence electrons. The summed E-state index contributed by atoms with van der Waals surface area (Å²) in [6.07, 6.45) is 1.45. The van der Waals surface area contributed by atoms with Crippen molar-refractivity contribution in [3.05, 3.63) is 58.0 Å². The highest BCUT2D eigenvalue weighted by Crippen LogP contribution is 2.30. The fourth-order valence-corrected chi connectivity index (χ4v) is 2.37. The Labute approximate surface area is 147 Å². The van der Waals surface area contributed by atoms with Gasteiger partial charge in [-0.05, 0) is 25.1 Å². The highest BCUT2D eigenvalue weighted by Gasteiger charge is 2.14. The molecule has 0 saturated carbocycles. The molecule has 0 bridgehead atoms. The maximum atomic E-state index is 12.3. The molecule has 0 unspecified atom stereocenters. The number of amides is 1. The first-order chi connectivity index (χ1) is 11.5. The fraction of sp³-hybridized carbons (Fsp3) is 0.0667. The lowest BCUT2D eigenvalue weighted by atomic mass is 10.3. The van der Waals surface area contributed by atoms with Gasteiger partial charge in [0.25, 0.3) is 5.91 Å². The third-order valence-corrected chi connectivity index (χ3v) is 3.59. The molecule has 1 aromatic carbocycles. The van der Waals surface area contributed by atoms with Crippen molar-refractivity contribution in [1.82, 2.24) is 15.1 Å². The number of benzene rings is 1. The fourth-order valence-electron chi connectivity index (χ4n) is 1.88. The van der Waals surface area contributed by atoms with Gasteiger partial charge in [0.15, 0.2) is 5.82 Å². The van der Waals surface area contributed by atoms with Gasteiger partial charge in [0, 0.05) is 12.3 Å². The third-order valence-electron chi connectivity index (χ3n) is 2.96. The zero-order valence-electron chi connectivity index (χ0n) is 12.4. The molecule has 0 aliphatic carbocycles. The van der Waals surface area contributed by atoms with E-state index in [1.165, 1.54) is 12.3 Å². The number of aromatic nitrogens is 3. The predicted octanol–water partition coefficient (Wildman–Crippen LogP) is 4.08. The van der Waals surface area contributed by atoms with Crippen molar-refractivity contribution < 1.29 is 9.32 Å². The number of para-hydroxylation sites is 1. The molecule has 24 heavy (non-hydrogen) atoms. The minimum absolute atomic E-state index is 0.142. The van der Waals surface area contributed by atoms with Crippen molar-refractivity contribution in [2.75, 3.05) is 10.6 Å². The van der Waals surface area contributed by atoms with Crippen LogP contribution < -0.4 is 10.6 Å². The molecule has 0 saturated heterocycles. The van der Waals surface area contributed by atoms with Crippen LogP contribution in [0.2, 0.25) is 10.0 Å². The smallest absolute Gasteiger partial charge is 0.274 e. The highest BCUT2D eigenvalue weighted by atomic mass is 35.5. The Morgan fingerprint density at radius 2 is 1.96 bits per heavy atom. The van der Waals surface area contributed by atoms with E-state index >= 15 is 0 Å². The lowest BCUT2D eigenvalue weighted by Gasteiger charge is -2.09. The standard InChI is InChI=1S/C15H11Cl2N5O2/c1-8-7-12(22-24-8)20-15-18-6-5-11(19-15)14(23)21-13-9(16)3-2-4-10(13)17/h2-7H,1H3,(H,21,23)(H,18,19,20,22). The number of halogens is 2. The Kier molecular flexibility index (Phi) is 4.64. The molecule has 0 fully saturated rings.